The predicted molar refractivity (Wildman–Crippen MR) is 105 cm³/mol. The molecule has 138 valence electrons. The van der Waals surface area contributed by atoms with Crippen molar-refractivity contribution in [3.8, 4) is 11.4 Å². The Morgan fingerprint density at radius 1 is 1.11 bits per heavy atom. The highest BCUT2D eigenvalue weighted by Crippen LogP contribution is 2.28. The number of benzene rings is 2. The Morgan fingerprint density at radius 2 is 1.96 bits per heavy atom. The van der Waals surface area contributed by atoms with Crippen LogP contribution >= 0.6 is 0 Å². The van der Waals surface area contributed by atoms with Gasteiger partial charge in [-0.15, -0.1) is 0 Å². The van der Waals surface area contributed by atoms with Crippen LogP contribution in [0.25, 0.3) is 16.7 Å². The van der Waals surface area contributed by atoms with Crippen LogP contribution < -0.4 is 4.74 Å². The van der Waals surface area contributed by atoms with Crippen LogP contribution in [0.15, 0.2) is 67.3 Å². The molecule has 0 fully saturated rings. The zero-order valence-corrected chi connectivity index (χ0v) is 15.4. The van der Waals surface area contributed by atoms with Gasteiger partial charge < -0.3 is 14.2 Å². The van der Waals surface area contributed by atoms with E-state index in [0.29, 0.717) is 13.1 Å². The van der Waals surface area contributed by atoms with E-state index in [4.69, 9.17) is 4.74 Å². The lowest BCUT2D eigenvalue weighted by molar-refractivity contribution is 0.0766. The third kappa shape index (κ3) is 2.70. The quantitative estimate of drug-likeness (QED) is 0.551. The van der Waals surface area contributed by atoms with E-state index >= 15 is 0 Å². The number of methoxy groups -OCH3 is 1. The van der Waals surface area contributed by atoms with Crippen molar-refractivity contribution in [2.24, 2.45) is 0 Å². The van der Waals surface area contributed by atoms with Gasteiger partial charge in [-0.25, -0.2) is 9.97 Å². The molecule has 2 aromatic carbocycles. The molecule has 28 heavy (non-hydrogen) atoms. The SMILES string of the molecule is COc1ccc(CN2Cc3cc(-n4ccc5cncnc54)ccc3C2=O)cc1. The molecule has 0 spiro atoms. The summed E-state index contributed by atoms with van der Waals surface area (Å²) in [6.07, 6.45) is 5.32. The van der Waals surface area contributed by atoms with Gasteiger partial charge in [-0.05, 0) is 47.5 Å². The molecular formula is C22H18N4O2. The van der Waals surface area contributed by atoms with Gasteiger partial charge in [-0.2, -0.15) is 0 Å². The van der Waals surface area contributed by atoms with Crippen LogP contribution in [-0.2, 0) is 13.1 Å². The van der Waals surface area contributed by atoms with E-state index < -0.39 is 0 Å². The second-order valence-electron chi connectivity index (χ2n) is 6.84. The lowest BCUT2D eigenvalue weighted by atomic mass is 10.1. The number of amides is 1. The molecule has 0 aliphatic carbocycles. The van der Waals surface area contributed by atoms with Gasteiger partial charge in [0, 0.05) is 42.1 Å². The first kappa shape index (κ1) is 16.5. The van der Waals surface area contributed by atoms with Gasteiger partial charge in [0.05, 0.1) is 7.11 Å². The molecule has 0 bridgehead atoms. The molecule has 2 aromatic heterocycles. The van der Waals surface area contributed by atoms with Gasteiger partial charge in [0.15, 0.2) is 0 Å². The fourth-order valence-electron chi connectivity index (χ4n) is 3.68. The molecule has 3 heterocycles. The fourth-order valence-corrected chi connectivity index (χ4v) is 3.68. The molecule has 0 saturated carbocycles. The minimum atomic E-state index is 0.0667. The van der Waals surface area contributed by atoms with Crippen LogP contribution in [0.1, 0.15) is 21.5 Å². The zero-order chi connectivity index (χ0) is 19.1. The minimum Gasteiger partial charge on any atom is -0.497 e. The van der Waals surface area contributed by atoms with Crippen molar-refractivity contribution in [1.29, 1.82) is 0 Å². The Labute approximate surface area is 162 Å². The molecule has 1 amide bonds. The Morgan fingerprint density at radius 3 is 2.79 bits per heavy atom. The molecule has 4 aromatic rings. The molecule has 1 aliphatic heterocycles. The molecule has 1 aliphatic rings. The summed E-state index contributed by atoms with van der Waals surface area (Å²) in [7, 11) is 1.65. The largest absolute Gasteiger partial charge is 0.497 e. The molecule has 5 rings (SSSR count). The van der Waals surface area contributed by atoms with E-state index in [1.165, 1.54) is 0 Å². The summed E-state index contributed by atoms with van der Waals surface area (Å²) in [6.45, 7) is 1.18. The molecule has 0 radical (unpaired) electrons. The van der Waals surface area contributed by atoms with Gasteiger partial charge in [0.1, 0.15) is 17.7 Å². The third-order valence-corrected chi connectivity index (χ3v) is 5.13. The summed E-state index contributed by atoms with van der Waals surface area (Å²) in [5.74, 6) is 0.879. The van der Waals surface area contributed by atoms with E-state index in [1.54, 1.807) is 19.6 Å². The van der Waals surface area contributed by atoms with Gasteiger partial charge in [-0.1, -0.05) is 12.1 Å². The van der Waals surface area contributed by atoms with E-state index in [1.807, 2.05) is 58.1 Å². The number of aromatic nitrogens is 3. The smallest absolute Gasteiger partial charge is 0.254 e. The van der Waals surface area contributed by atoms with Crippen LogP contribution in [0.5, 0.6) is 5.75 Å². The summed E-state index contributed by atoms with van der Waals surface area (Å²) in [5.41, 5.74) is 4.73. The molecule has 0 saturated heterocycles. The molecule has 0 N–H and O–H groups in total. The van der Waals surface area contributed by atoms with Crippen molar-refractivity contribution in [2.75, 3.05) is 7.11 Å². The summed E-state index contributed by atoms with van der Waals surface area (Å²) in [4.78, 5) is 23.1. The number of nitrogens with zero attached hydrogens (tertiary/aromatic N) is 4. The van der Waals surface area contributed by atoms with Crippen molar-refractivity contribution in [2.45, 2.75) is 13.1 Å². The van der Waals surface area contributed by atoms with Crippen LogP contribution in [0, 0.1) is 0 Å². The summed E-state index contributed by atoms with van der Waals surface area (Å²) in [6, 6.07) is 15.8. The molecule has 6 nitrogen and oxygen atoms in total. The van der Waals surface area contributed by atoms with Crippen molar-refractivity contribution in [3.63, 3.8) is 0 Å². The lowest BCUT2D eigenvalue weighted by Gasteiger charge is -2.15. The average molecular weight is 370 g/mol. The number of rotatable bonds is 4. The normalized spacial score (nSPS) is 13.2. The molecule has 0 atom stereocenters. The Kier molecular flexibility index (Phi) is 3.83. The van der Waals surface area contributed by atoms with Crippen molar-refractivity contribution in [3.05, 3.63) is 83.9 Å². The van der Waals surface area contributed by atoms with Crippen molar-refractivity contribution < 1.29 is 9.53 Å². The summed E-state index contributed by atoms with van der Waals surface area (Å²) in [5, 5.41) is 0.986. The summed E-state index contributed by atoms with van der Waals surface area (Å²) >= 11 is 0. The molecule has 0 unspecified atom stereocenters. The standard InChI is InChI=1S/C22H18N4O2/c1-28-19-5-2-15(3-6-19)12-25-13-17-10-18(4-7-20(17)22(25)27)26-9-8-16-11-23-14-24-21(16)26/h2-11,14H,12-13H2,1H3. The van der Waals surface area contributed by atoms with Crippen LogP contribution in [0.3, 0.4) is 0 Å². The lowest BCUT2D eigenvalue weighted by Crippen LogP contribution is -2.23. The van der Waals surface area contributed by atoms with Gasteiger partial charge in [0.2, 0.25) is 0 Å². The predicted octanol–water partition coefficient (Wildman–Crippen LogP) is 3.59. The van der Waals surface area contributed by atoms with Crippen LogP contribution in [-0.4, -0.2) is 32.5 Å². The van der Waals surface area contributed by atoms with E-state index in [0.717, 1.165) is 39.2 Å². The van der Waals surface area contributed by atoms with E-state index in [-0.39, 0.29) is 5.91 Å². The van der Waals surface area contributed by atoms with E-state index in [2.05, 4.69) is 16.0 Å². The first-order valence-corrected chi connectivity index (χ1v) is 9.05. The van der Waals surface area contributed by atoms with Crippen LogP contribution in [0.2, 0.25) is 0 Å². The highest BCUT2D eigenvalue weighted by atomic mass is 16.5. The maximum atomic E-state index is 12.8. The van der Waals surface area contributed by atoms with Gasteiger partial charge in [-0.3, -0.25) is 4.79 Å². The van der Waals surface area contributed by atoms with Gasteiger partial charge in [0.25, 0.3) is 5.91 Å². The Balaban J connectivity index is 1.43. The fraction of sp³-hybridized carbons (Fsp3) is 0.136. The first-order chi connectivity index (χ1) is 13.7. The number of carbonyl (C=O) groups excluding carboxylic acids is 1. The highest BCUT2D eigenvalue weighted by molar-refractivity contribution is 5.98. The first-order valence-electron chi connectivity index (χ1n) is 9.05. The van der Waals surface area contributed by atoms with Crippen molar-refractivity contribution >= 4 is 16.9 Å². The maximum Gasteiger partial charge on any atom is 0.254 e. The maximum absolute atomic E-state index is 12.8. The Bertz CT molecular complexity index is 1180. The molecular weight excluding hydrogens is 352 g/mol. The number of carbonyl (C=O) groups is 1. The number of fused-ring (bicyclic) bond motifs is 2. The zero-order valence-electron chi connectivity index (χ0n) is 15.4. The van der Waals surface area contributed by atoms with E-state index in [9.17, 15) is 4.79 Å². The Hall–Kier alpha value is -3.67. The highest BCUT2D eigenvalue weighted by Gasteiger charge is 2.27. The topological polar surface area (TPSA) is 60.2 Å². The minimum absolute atomic E-state index is 0.0667. The van der Waals surface area contributed by atoms with Crippen molar-refractivity contribution in [1.82, 2.24) is 19.4 Å². The number of hydrogen-bond acceptors (Lipinski definition) is 4. The van der Waals surface area contributed by atoms with Crippen LogP contribution in [0.4, 0.5) is 0 Å². The number of ether oxygens (including phenoxy) is 1. The van der Waals surface area contributed by atoms with Gasteiger partial charge >= 0.3 is 0 Å². The number of hydrogen-bond donors (Lipinski definition) is 0. The summed E-state index contributed by atoms with van der Waals surface area (Å²) < 4.78 is 7.22. The average Bonchev–Trinajstić information content (AvgIpc) is 3.30. The third-order valence-electron chi connectivity index (χ3n) is 5.13. The monoisotopic (exact) mass is 370 g/mol. The second-order valence-corrected chi connectivity index (χ2v) is 6.84. The second kappa shape index (κ2) is 6.49. The molecule has 6 heteroatoms.